The Morgan fingerprint density at radius 2 is 2.00 bits per heavy atom. The van der Waals surface area contributed by atoms with Crippen LogP contribution in [0.3, 0.4) is 0 Å². The number of rotatable bonds is 4. The molecular weight excluding hydrogens is 281 g/mol. The van der Waals surface area contributed by atoms with Crippen molar-refractivity contribution in [1.82, 2.24) is 9.78 Å². The lowest BCUT2D eigenvalue weighted by Gasteiger charge is -2.07. The van der Waals surface area contributed by atoms with E-state index in [-0.39, 0.29) is 4.90 Å². The summed E-state index contributed by atoms with van der Waals surface area (Å²) in [5, 5.41) is 9.54. The Labute approximate surface area is 117 Å². The third kappa shape index (κ3) is 2.59. The molecule has 0 atom stereocenters. The van der Waals surface area contributed by atoms with Gasteiger partial charge in [0.1, 0.15) is 10.7 Å². The molecule has 0 bridgehead atoms. The first-order valence-corrected chi connectivity index (χ1v) is 7.82. The maximum Gasteiger partial charge on any atom is 0.241 e. The molecule has 0 saturated carbocycles. The Kier molecular flexibility index (Phi) is 3.92. The molecular formula is C13H16FN3O2S. The zero-order valence-corrected chi connectivity index (χ0v) is 12.1. The standard InChI is InChI=1S/C13H16FN3O2S/c1-3-11-13(20(15,18)19)12(4-2)17(16-11)10-7-5-6-9(14)8-10/h5-8H,3-4H2,1-2H3,(H2,15,18,19). The first-order valence-electron chi connectivity index (χ1n) is 6.28. The molecule has 108 valence electrons. The smallest absolute Gasteiger partial charge is 0.236 e. The van der Waals surface area contributed by atoms with Crippen molar-refractivity contribution in [2.24, 2.45) is 5.14 Å². The predicted molar refractivity (Wildman–Crippen MR) is 73.7 cm³/mol. The average molecular weight is 297 g/mol. The van der Waals surface area contributed by atoms with Gasteiger partial charge in [0.25, 0.3) is 0 Å². The van der Waals surface area contributed by atoms with E-state index in [0.29, 0.717) is 29.9 Å². The van der Waals surface area contributed by atoms with Crippen molar-refractivity contribution < 1.29 is 12.8 Å². The lowest BCUT2D eigenvalue weighted by atomic mass is 10.2. The van der Waals surface area contributed by atoms with Crippen molar-refractivity contribution in [1.29, 1.82) is 0 Å². The number of hydrogen-bond donors (Lipinski definition) is 1. The zero-order chi connectivity index (χ0) is 14.9. The van der Waals surface area contributed by atoms with Crippen LogP contribution in [-0.4, -0.2) is 18.2 Å². The molecule has 2 N–H and O–H groups in total. The lowest BCUT2D eigenvalue weighted by molar-refractivity contribution is 0.595. The van der Waals surface area contributed by atoms with Crippen LogP contribution in [0.2, 0.25) is 0 Å². The van der Waals surface area contributed by atoms with Gasteiger partial charge >= 0.3 is 0 Å². The summed E-state index contributed by atoms with van der Waals surface area (Å²) >= 11 is 0. The van der Waals surface area contributed by atoms with Crippen molar-refractivity contribution >= 4 is 10.0 Å². The van der Waals surface area contributed by atoms with Crippen LogP contribution in [0, 0.1) is 5.82 Å². The van der Waals surface area contributed by atoms with Crippen LogP contribution < -0.4 is 5.14 Å². The van der Waals surface area contributed by atoms with Crippen molar-refractivity contribution in [2.45, 2.75) is 31.6 Å². The summed E-state index contributed by atoms with van der Waals surface area (Å²) in [5.74, 6) is -0.407. The maximum atomic E-state index is 13.3. The van der Waals surface area contributed by atoms with Gasteiger partial charge in [0.2, 0.25) is 10.0 Å². The van der Waals surface area contributed by atoms with Gasteiger partial charge in [0.15, 0.2) is 0 Å². The average Bonchev–Trinajstić information content (AvgIpc) is 2.77. The molecule has 1 aromatic heterocycles. The van der Waals surface area contributed by atoms with Crippen LogP contribution >= 0.6 is 0 Å². The molecule has 20 heavy (non-hydrogen) atoms. The van der Waals surface area contributed by atoms with E-state index in [1.165, 1.54) is 16.8 Å². The molecule has 0 saturated heterocycles. The van der Waals surface area contributed by atoms with E-state index in [4.69, 9.17) is 5.14 Å². The second-order valence-electron chi connectivity index (χ2n) is 4.37. The number of halogens is 1. The lowest BCUT2D eigenvalue weighted by Crippen LogP contribution is -2.16. The van der Waals surface area contributed by atoms with Gasteiger partial charge < -0.3 is 0 Å². The van der Waals surface area contributed by atoms with E-state index in [9.17, 15) is 12.8 Å². The van der Waals surface area contributed by atoms with Crippen LogP contribution in [0.25, 0.3) is 5.69 Å². The molecule has 7 heteroatoms. The van der Waals surface area contributed by atoms with Crippen molar-refractivity contribution in [3.63, 3.8) is 0 Å². The third-order valence-corrected chi connectivity index (χ3v) is 4.05. The topological polar surface area (TPSA) is 78.0 Å². The van der Waals surface area contributed by atoms with Gasteiger partial charge in [-0.3, -0.25) is 0 Å². The Morgan fingerprint density at radius 1 is 1.30 bits per heavy atom. The van der Waals surface area contributed by atoms with Crippen molar-refractivity contribution in [2.75, 3.05) is 0 Å². The SMILES string of the molecule is CCc1nn(-c2cccc(F)c2)c(CC)c1S(N)(=O)=O. The molecule has 2 rings (SSSR count). The van der Waals surface area contributed by atoms with Crippen LogP contribution in [0.15, 0.2) is 29.2 Å². The minimum atomic E-state index is -3.86. The second-order valence-corrected chi connectivity index (χ2v) is 5.86. The first-order chi connectivity index (χ1) is 9.38. The molecule has 2 aromatic rings. The summed E-state index contributed by atoms with van der Waals surface area (Å²) in [6.07, 6.45) is 0.857. The quantitative estimate of drug-likeness (QED) is 0.934. The highest BCUT2D eigenvalue weighted by Gasteiger charge is 2.24. The molecule has 0 radical (unpaired) electrons. The zero-order valence-electron chi connectivity index (χ0n) is 11.3. The Morgan fingerprint density at radius 3 is 2.50 bits per heavy atom. The molecule has 5 nitrogen and oxygen atoms in total. The number of nitrogens with zero attached hydrogens (tertiary/aromatic N) is 2. The number of primary sulfonamides is 1. The van der Waals surface area contributed by atoms with Crippen LogP contribution in [0.4, 0.5) is 4.39 Å². The molecule has 0 spiro atoms. The summed E-state index contributed by atoms with van der Waals surface area (Å²) in [4.78, 5) is 0.0479. The molecule has 0 aliphatic carbocycles. The van der Waals surface area contributed by atoms with Gasteiger partial charge in [-0.15, -0.1) is 0 Å². The molecule has 0 unspecified atom stereocenters. The van der Waals surface area contributed by atoms with E-state index < -0.39 is 15.8 Å². The van der Waals surface area contributed by atoms with Crippen LogP contribution in [-0.2, 0) is 22.9 Å². The minimum Gasteiger partial charge on any atom is -0.236 e. The number of aromatic nitrogens is 2. The van der Waals surface area contributed by atoms with Gasteiger partial charge in [0.05, 0.1) is 17.1 Å². The van der Waals surface area contributed by atoms with Crippen molar-refractivity contribution in [3.05, 3.63) is 41.5 Å². The molecule has 0 aliphatic rings. The fourth-order valence-electron chi connectivity index (χ4n) is 2.18. The Hall–Kier alpha value is -1.73. The van der Waals surface area contributed by atoms with Gasteiger partial charge in [-0.1, -0.05) is 19.9 Å². The largest absolute Gasteiger partial charge is 0.241 e. The highest BCUT2D eigenvalue weighted by Crippen LogP contribution is 2.24. The summed E-state index contributed by atoms with van der Waals surface area (Å²) in [5.41, 5.74) is 1.34. The van der Waals surface area contributed by atoms with Gasteiger partial charge in [-0.2, -0.15) is 5.10 Å². The summed E-state index contributed by atoms with van der Waals surface area (Å²) in [6.45, 7) is 3.60. The fourth-order valence-corrected chi connectivity index (χ4v) is 3.25. The van der Waals surface area contributed by atoms with Gasteiger partial charge in [-0.25, -0.2) is 22.6 Å². The van der Waals surface area contributed by atoms with Crippen LogP contribution in [0.5, 0.6) is 0 Å². The summed E-state index contributed by atoms with van der Waals surface area (Å²) in [7, 11) is -3.86. The van der Waals surface area contributed by atoms with E-state index in [1.807, 2.05) is 0 Å². The molecule has 1 heterocycles. The van der Waals surface area contributed by atoms with Gasteiger partial charge in [-0.05, 0) is 31.0 Å². The second kappa shape index (κ2) is 5.34. The highest BCUT2D eigenvalue weighted by atomic mass is 32.2. The summed E-state index contributed by atoms with van der Waals surface area (Å²) < 4.78 is 38.3. The molecule has 0 fully saturated rings. The fraction of sp³-hybridized carbons (Fsp3) is 0.308. The number of sulfonamides is 1. The third-order valence-electron chi connectivity index (χ3n) is 3.01. The number of nitrogens with two attached hydrogens (primary N) is 1. The Bertz CT molecular complexity index is 738. The van der Waals surface area contributed by atoms with Crippen LogP contribution in [0.1, 0.15) is 25.2 Å². The van der Waals surface area contributed by atoms with E-state index in [1.54, 1.807) is 26.0 Å². The predicted octanol–water partition coefficient (Wildman–Crippen LogP) is 1.78. The number of aryl methyl sites for hydroxylation is 1. The van der Waals surface area contributed by atoms with Crippen molar-refractivity contribution in [3.8, 4) is 5.69 Å². The molecule has 0 amide bonds. The van der Waals surface area contributed by atoms with Gasteiger partial charge in [0, 0.05) is 0 Å². The number of hydrogen-bond acceptors (Lipinski definition) is 3. The van der Waals surface area contributed by atoms with E-state index in [0.717, 1.165) is 0 Å². The number of benzene rings is 1. The highest BCUT2D eigenvalue weighted by molar-refractivity contribution is 7.89. The first kappa shape index (κ1) is 14.7. The molecule has 1 aromatic carbocycles. The summed E-state index contributed by atoms with van der Waals surface area (Å²) in [6, 6.07) is 5.84. The maximum absolute atomic E-state index is 13.3. The molecule has 0 aliphatic heterocycles. The van der Waals surface area contributed by atoms with E-state index >= 15 is 0 Å². The minimum absolute atomic E-state index is 0.0479. The monoisotopic (exact) mass is 297 g/mol. The Balaban J connectivity index is 2.76. The normalized spacial score (nSPS) is 11.8. The van der Waals surface area contributed by atoms with E-state index in [2.05, 4.69) is 5.10 Å².